The summed E-state index contributed by atoms with van der Waals surface area (Å²) in [5, 5.41) is 9.79. The Hall–Kier alpha value is -5.35. The van der Waals surface area contributed by atoms with E-state index in [1.165, 1.54) is 186 Å². The quantitative estimate of drug-likeness (QED) is 0.0211. The number of carbonyl (C=O) groups is 3. The summed E-state index contributed by atoms with van der Waals surface area (Å²) in [6, 6.07) is 0. The average molecular weight is 1430 g/mol. The molecule has 0 fully saturated rings. The Balaban J connectivity index is 4.03. The van der Waals surface area contributed by atoms with Crippen molar-refractivity contribution in [3.05, 3.63) is 170 Å². The van der Waals surface area contributed by atoms with Gasteiger partial charge < -0.3 is 28.5 Å². The Bertz CT molecular complexity index is 2310. The predicted octanol–water partition coefficient (Wildman–Crippen LogP) is 27.7. The minimum Gasteiger partial charge on any atom is -0.477 e. The van der Waals surface area contributed by atoms with Crippen LogP contribution < -0.4 is 0 Å². The van der Waals surface area contributed by atoms with E-state index in [1.807, 2.05) is 21.1 Å². The van der Waals surface area contributed by atoms with Gasteiger partial charge in [0.25, 0.3) is 6.29 Å². The summed E-state index contributed by atoms with van der Waals surface area (Å²) in [6.07, 6.45) is 121. The second-order valence-corrected chi connectivity index (χ2v) is 29.0. The topological polar surface area (TPSA) is 108 Å². The fourth-order valence-electron chi connectivity index (χ4n) is 11.6. The zero-order valence-corrected chi connectivity index (χ0v) is 67.2. The van der Waals surface area contributed by atoms with Crippen molar-refractivity contribution in [3.63, 3.8) is 0 Å². The zero-order chi connectivity index (χ0) is 74.6. The van der Waals surface area contributed by atoms with E-state index in [0.29, 0.717) is 23.9 Å². The van der Waals surface area contributed by atoms with Crippen LogP contribution in [0.1, 0.15) is 348 Å². The lowest BCUT2D eigenvalue weighted by atomic mass is 10.0. The van der Waals surface area contributed by atoms with Gasteiger partial charge in [-0.2, -0.15) is 0 Å². The number of unbranched alkanes of at least 4 members (excludes halogenated alkanes) is 34. The lowest BCUT2D eigenvalue weighted by molar-refractivity contribution is -0.870. The van der Waals surface area contributed by atoms with Gasteiger partial charge in [0.2, 0.25) is 0 Å². The fourth-order valence-corrected chi connectivity index (χ4v) is 11.6. The molecular weight excluding hydrogens is 1270 g/mol. The zero-order valence-electron chi connectivity index (χ0n) is 67.2. The molecular formula is C94H158NO8+. The summed E-state index contributed by atoms with van der Waals surface area (Å²) in [5.41, 5.74) is 0. The van der Waals surface area contributed by atoms with Crippen LogP contribution >= 0.6 is 0 Å². The van der Waals surface area contributed by atoms with Gasteiger partial charge in [-0.1, -0.05) is 377 Å². The van der Waals surface area contributed by atoms with Crippen molar-refractivity contribution in [2.24, 2.45) is 0 Å². The number of nitrogens with zero attached hydrogens (tertiary/aromatic N) is 1. The molecule has 0 amide bonds. The number of allylic oxidation sites excluding steroid dienone is 28. The molecule has 9 nitrogen and oxygen atoms in total. The highest BCUT2D eigenvalue weighted by Gasteiger charge is 2.25. The monoisotopic (exact) mass is 1430 g/mol. The van der Waals surface area contributed by atoms with E-state index in [2.05, 4.69) is 184 Å². The molecule has 0 saturated carbocycles. The van der Waals surface area contributed by atoms with Gasteiger partial charge >= 0.3 is 17.9 Å². The van der Waals surface area contributed by atoms with E-state index < -0.39 is 24.3 Å². The molecule has 0 aromatic rings. The molecule has 2 unspecified atom stereocenters. The molecule has 0 bridgehead atoms. The number of likely N-dealkylation sites (N-methyl/N-ethyl adjacent to an activating group) is 1. The van der Waals surface area contributed by atoms with Crippen LogP contribution in [-0.4, -0.2) is 87.4 Å². The lowest BCUT2D eigenvalue weighted by Gasteiger charge is -2.25. The summed E-state index contributed by atoms with van der Waals surface area (Å²) < 4.78 is 23.1. The van der Waals surface area contributed by atoms with Gasteiger partial charge in [-0.05, 0) is 128 Å². The number of carbonyl (C=O) groups excluding carboxylic acids is 2. The van der Waals surface area contributed by atoms with Gasteiger partial charge in [0.05, 0.1) is 34.4 Å². The molecule has 0 radical (unpaired) electrons. The largest absolute Gasteiger partial charge is 0.477 e. The summed E-state index contributed by atoms with van der Waals surface area (Å²) in [7, 11) is 5.99. The minimum atomic E-state index is -1.52. The van der Waals surface area contributed by atoms with Crippen LogP contribution in [0.2, 0.25) is 0 Å². The number of carboxylic acids is 1. The second kappa shape index (κ2) is 82.3. The Kier molecular flexibility index (Phi) is 78.0. The van der Waals surface area contributed by atoms with Gasteiger partial charge in [-0.25, -0.2) is 4.79 Å². The molecule has 0 spiro atoms. The maximum absolute atomic E-state index is 13.0. The van der Waals surface area contributed by atoms with Gasteiger partial charge in [0.15, 0.2) is 6.10 Å². The predicted molar refractivity (Wildman–Crippen MR) is 446 cm³/mol. The molecule has 0 aliphatic heterocycles. The molecule has 0 aliphatic rings. The molecule has 0 aliphatic carbocycles. The van der Waals surface area contributed by atoms with Gasteiger partial charge in [0.1, 0.15) is 13.2 Å². The Morgan fingerprint density at radius 2 is 0.524 bits per heavy atom. The van der Waals surface area contributed by atoms with E-state index in [0.717, 1.165) is 128 Å². The molecule has 586 valence electrons. The summed E-state index contributed by atoms with van der Waals surface area (Å²) in [4.78, 5) is 37.8. The smallest absolute Gasteiger partial charge is 0.361 e. The summed E-state index contributed by atoms with van der Waals surface area (Å²) >= 11 is 0. The molecule has 1 N–H and O–H groups in total. The Labute approximate surface area is 635 Å². The van der Waals surface area contributed by atoms with Gasteiger partial charge in [0, 0.05) is 12.8 Å². The van der Waals surface area contributed by atoms with Crippen molar-refractivity contribution in [1.29, 1.82) is 0 Å². The third-order valence-corrected chi connectivity index (χ3v) is 18.0. The maximum Gasteiger partial charge on any atom is 0.361 e. The maximum atomic E-state index is 13.0. The first-order chi connectivity index (χ1) is 50.6. The number of hydrogen-bond donors (Lipinski definition) is 1. The number of quaternary nitrogens is 1. The van der Waals surface area contributed by atoms with E-state index in [-0.39, 0.29) is 32.2 Å². The SMILES string of the molecule is CC/C=C\C/C=C\C/C=C\C/C=C\C/C=C\C/C=C\C/C=C\C/C=C\C/C=C\CCCCCCCCCCCCCCCC(=O)OC(COC(=O)CCCCCCCCCCCCCCCCCCCCCCC/C=C\C/C=C\C/C=C\C/C=C\C/C=C\CC)COC(OCC[N+](C)(C)C)C(=O)O. The number of esters is 2. The molecule has 0 heterocycles. The van der Waals surface area contributed by atoms with Crippen molar-refractivity contribution in [3.8, 4) is 0 Å². The van der Waals surface area contributed by atoms with E-state index in [1.54, 1.807) is 0 Å². The minimum absolute atomic E-state index is 0.183. The molecule has 0 aromatic carbocycles. The molecule has 2 atom stereocenters. The van der Waals surface area contributed by atoms with Crippen molar-refractivity contribution in [2.75, 3.05) is 47.5 Å². The molecule has 103 heavy (non-hydrogen) atoms. The highest BCUT2D eigenvalue weighted by Crippen LogP contribution is 2.19. The van der Waals surface area contributed by atoms with Crippen molar-refractivity contribution < 1.29 is 42.9 Å². The Morgan fingerprint density at radius 1 is 0.291 bits per heavy atom. The first kappa shape index (κ1) is 97.7. The van der Waals surface area contributed by atoms with Crippen LogP contribution in [0.5, 0.6) is 0 Å². The first-order valence-electron chi connectivity index (χ1n) is 42.3. The van der Waals surface area contributed by atoms with Crippen LogP contribution in [-0.2, 0) is 33.3 Å². The molecule has 0 aromatic heterocycles. The number of ether oxygens (including phenoxy) is 4. The molecule has 0 saturated heterocycles. The second-order valence-electron chi connectivity index (χ2n) is 29.0. The van der Waals surface area contributed by atoms with Crippen molar-refractivity contribution in [2.45, 2.75) is 360 Å². The lowest BCUT2D eigenvalue weighted by Crippen LogP contribution is -2.40. The number of carboxylic acid groups (broad SMARTS) is 1. The third kappa shape index (κ3) is 83.8. The highest BCUT2D eigenvalue weighted by atomic mass is 16.7. The first-order valence-corrected chi connectivity index (χ1v) is 42.3. The number of rotatable bonds is 77. The number of aliphatic carboxylic acids is 1. The van der Waals surface area contributed by atoms with Crippen LogP contribution in [0, 0.1) is 0 Å². The van der Waals surface area contributed by atoms with E-state index in [4.69, 9.17) is 18.9 Å². The van der Waals surface area contributed by atoms with Crippen molar-refractivity contribution in [1.82, 2.24) is 0 Å². The van der Waals surface area contributed by atoms with Crippen molar-refractivity contribution >= 4 is 17.9 Å². The normalized spacial score (nSPS) is 13.5. The summed E-state index contributed by atoms with van der Waals surface area (Å²) in [5.74, 6) is -2.00. The van der Waals surface area contributed by atoms with E-state index >= 15 is 0 Å². The molecule has 9 heteroatoms. The highest BCUT2D eigenvalue weighted by molar-refractivity contribution is 5.71. The number of hydrogen-bond acceptors (Lipinski definition) is 7. The summed E-state index contributed by atoms with van der Waals surface area (Å²) in [6.45, 7) is 4.67. The van der Waals surface area contributed by atoms with Crippen LogP contribution in [0.4, 0.5) is 0 Å². The van der Waals surface area contributed by atoms with Crippen LogP contribution in [0.25, 0.3) is 0 Å². The van der Waals surface area contributed by atoms with Gasteiger partial charge in [-0.3, -0.25) is 9.59 Å². The van der Waals surface area contributed by atoms with E-state index in [9.17, 15) is 19.5 Å². The molecule has 0 rings (SSSR count). The van der Waals surface area contributed by atoms with Crippen LogP contribution in [0.3, 0.4) is 0 Å². The fraction of sp³-hybridized carbons (Fsp3) is 0.670. The Morgan fingerprint density at radius 3 is 0.777 bits per heavy atom. The van der Waals surface area contributed by atoms with Gasteiger partial charge in [-0.15, -0.1) is 0 Å². The van der Waals surface area contributed by atoms with Crippen LogP contribution in [0.15, 0.2) is 170 Å². The third-order valence-electron chi connectivity index (χ3n) is 18.0. The standard InChI is InChI=1S/C94H157NO8/c1-6-8-10-12-14-16-18-20-22-24-26-28-30-32-34-36-38-40-42-44-45-46-47-49-51-53-55-57-59-61-63-65-67-69-71-73-75-77-79-81-83-85-92(97)103-90(89-102-94(93(98)99)100-87-86-95(3,4)5)88-101-91(96)84-82-80-78-76-74-72-70-68-66-64-62-60-58-56-54-52-50-48-43-41-39-37-35-33-31-29-27-25-23-21-19-17-15-13-11-9-7-2/h8-11,14-17,20-23,26-29,32-35,38,40,44-45,47,49,53,55,90,94H,6-7,12-13,18-19,24-25,30-31,36-37,39,41-43,46,48,50-52,54,56-89H2,1-5H3/p+1/b10-8-,11-9-,16-14-,17-15-,22-20-,23-21-,28-26-,29-27-,34-32-,35-33-,40-38-,45-44-,49-47-,55-53-. The average Bonchev–Trinajstić information content (AvgIpc) is 1.01.